The van der Waals surface area contributed by atoms with Gasteiger partial charge in [0.25, 0.3) is 0 Å². The molecule has 9 heteroatoms. The molecule has 0 aromatic heterocycles. The molecule has 0 aliphatic carbocycles. The fraction of sp³-hybridized carbons (Fsp3) is 0.684. The van der Waals surface area contributed by atoms with Gasteiger partial charge in [-0.15, -0.1) is 0 Å². The van der Waals surface area contributed by atoms with Crippen molar-refractivity contribution in [3.8, 4) is 0 Å². The van der Waals surface area contributed by atoms with E-state index in [0.717, 1.165) is 31.7 Å². The molecule has 0 fully saturated rings. The second-order valence-corrected chi connectivity index (χ2v) is 13.5. The molecule has 0 saturated carbocycles. The summed E-state index contributed by atoms with van der Waals surface area (Å²) in [6.45, 7) is 4.60. The van der Waals surface area contributed by atoms with E-state index in [1.165, 1.54) is 108 Å². The molecule has 262 valence electrons. The fourth-order valence-electron chi connectivity index (χ4n) is 5.27. The van der Waals surface area contributed by atoms with Gasteiger partial charge in [0.15, 0.2) is 0 Å². The zero-order chi connectivity index (χ0) is 33.7. The second-order valence-electron chi connectivity index (χ2n) is 12.2. The topological polar surface area (TPSA) is 110 Å². The summed E-state index contributed by atoms with van der Waals surface area (Å²) in [4.78, 5) is 24.9. The van der Waals surface area contributed by atoms with Crippen molar-refractivity contribution in [2.75, 3.05) is 13.2 Å². The molecule has 0 unspecified atom stereocenters. The Morgan fingerprint density at radius 3 is 1.40 bits per heavy atom. The largest absolute Gasteiger partial charge is 1.00 e. The van der Waals surface area contributed by atoms with Crippen molar-refractivity contribution in [2.24, 2.45) is 0 Å². The minimum Gasteiger partial charge on any atom is -0.744 e. The van der Waals surface area contributed by atoms with Crippen LogP contribution >= 0.6 is 0 Å². The molecule has 47 heavy (non-hydrogen) atoms. The van der Waals surface area contributed by atoms with E-state index in [-0.39, 0.29) is 48.3 Å². The van der Waals surface area contributed by atoms with Crippen LogP contribution < -0.4 is 29.6 Å². The molecule has 7 nitrogen and oxygen atoms in total. The molecule has 0 heterocycles. The first-order chi connectivity index (χ1) is 22.3. The van der Waals surface area contributed by atoms with E-state index in [4.69, 9.17) is 9.47 Å². The molecule has 0 aliphatic rings. The van der Waals surface area contributed by atoms with Crippen molar-refractivity contribution in [3.05, 3.63) is 53.6 Å². The van der Waals surface area contributed by atoms with Crippen molar-refractivity contribution in [2.45, 2.75) is 160 Å². The van der Waals surface area contributed by atoms with Crippen LogP contribution in [0.25, 0.3) is 0 Å². The molecular formula is C38H61NaO7S. The van der Waals surface area contributed by atoms with Gasteiger partial charge >= 0.3 is 41.5 Å². The van der Waals surface area contributed by atoms with Crippen molar-refractivity contribution in [3.63, 3.8) is 0 Å². The van der Waals surface area contributed by atoms with Crippen LogP contribution in [-0.2, 0) is 19.6 Å². The number of carbonyl (C=O) groups excluding carboxylic acids is 2. The van der Waals surface area contributed by atoms with Gasteiger partial charge in [0.05, 0.1) is 29.2 Å². The zero-order valence-electron chi connectivity index (χ0n) is 29.8. The maximum Gasteiger partial charge on any atom is 1.00 e. The predicted octanol–water partition coefficient (Wildman–Crippen LogP) is 7.64. The molecule has 0 bridgehead atoms. The molecule has 0 saturated heterocycles. The van der Waals surface area contributed by atoms with Gasteiger partial charge in [0.1, 0.15) is 10.1 Å². The summed E-state index contributed by atoms with van der Waals surface area (Å²) >= 11 is 0. The van der Waals surface area contributed by atoms with E-state index in [1.54, 1.807) is 0 Å². The van der Waals surface area contributed by atoms with Crippen LogP contribution in [0.15, 0.2) is 47.4 Å². The minimum absolute atomic E-state index is 0. The Morgan fingerprint density at radius 2 is 0.979 bits per heavy atom. The maximum atomic E-state index is 12.9. The van der Waals surface area contributed by atoms with E-state index < -0.39 is 32.5 Å². The molecule has 0 aliphatic heterocycles. The average molecular weight is 685 g/mol. The summed E-state index contributed by atoms with van der Waals surface area (Å²) in [5.41, 5.74) is -0.838. The molecule has 0 amide bonds. The summed E-state index contributed by atoms with van der Waals surface area (Å²) in [5, 5.41) is 0. The van der Waals surface area contributed by atoms with E-state index >= 15 is 0 Å². The molecule has 0 spiro atoms. The number of esters is 2. The van der Waals surface area contributed by atoms with Gasteiger partial charge < -0.3 is 14.0 Å². The maximum absolute atomic E-state index is 12.9. The Bertz CT molecular complexity index is 1120. The Labute approximate surface area is 308 Å². The van der Waals surface area contributed by atoms with Gasteiger partial charge in [-0.1, -0.05) is 134 Å². The summed E-state index contributed by atoms with van der Waals surface area (Å²) in [7, 11) is -5.02. The average Bonchev–Trinajstić information content (AvgIpc) is 3.04. The Hall–Kier alpha value is -1.45. The standard InChI is InChI=1S/C38H62O7S.Na/c1-3-5-7-9-11-13-15-17-19-21-23-25-27-32-44-37(39)34-30-29-31-35(46(41,42)43)36(34)38(40)45-33-28-26-24-22-20-18-16-14-12-10-8-6-4-2;/h21-24,29-31H,3-20,25-28,32-33H2,1-2H3,(H,41,42,43);/q;+1/p-1/b23-21+,24-22+;. The third-order valence-corrected chi connectivity index (χ3v) is 8.88. The molecule has 0 radical (unpaired) electrons. The summed E-state index contributed by atoms with van der Waals surface area (Å²) in [6.07, 6.45) is 33.6. The van der Waals surface area contributed by atoms with E-state index in [9.17, 15) is 22.6 Å². The SMILES string of the molecule is CCCCCCCCCC/C=C/CCCOC(=O)c1cccc(S(=O)(=O)[O-])c1C(=O)OCCC/C=C/CCCCCCCCCC.[Na+]. The first-order valence-corrected chi connectivity index (χ1v) is 19.5. The fourth-order valence-corrected chi connectivity index (χ4v) is 5.95. The van der Waals surface area contributed by atoms with Gasteiger partial charge in [-0.3, -0.25) is 0 Å². The molecule has 1 rings (SSSR count). The van der Waals surface area contributed by atoms with Crippen molar-refractivity contribution < 1.29 is 61.6 Å². The van der Waals surface area contributed by atoms with Gasteiger partial charge in [0, 0.05) is 0 Å². The van der Waals surface area contributed by atoms with Crippen LogP contribution in [0.5, 0.6) is 0 Å². The van der Waals surface area contributed by atoms with Crippen LogP contribution in [0.2, 0.25) is 0 Å². The number of unbranched alkanes of at least 4 members (excludes halogenated alkanes) is 18. The Balaban J connectivity index is 0.0000212. The zero-order valence-corrected chi connectivity index (χ0v) is 32.6. The van der Waals surface area contributed by atoms with Gasteiger partial charge in [-0.05, 0) is 63.5 Å². The summed E-state index contributed by atoms with van der Waals surface area (Å²) < 4.78 is 46.3. The molecule has 1 aromatic rings. The Morgan fingerprint density at radius 1 is 0.596 bits per heavy atom. The number of benzene rings is 1. The van der Waals surface area contributed by atoms with Crippen LogP contribution in [0, 0.1) is 0 Å². The number of rotatable bonds is 29. The third kappa shape index (κ3) is 23.5. The molecular weight excluding hydrogens is 623 g/mol. The number of allylic oxidation sites excluding steroid dienone is 4. The first kappa shape index (κ1) is 45.6. The van der Waals surface area contributed by atoms with E-state index in [1.807, 2.05) is 0 Å². The van der Waals surface area contributed by atoms with Crippen molar-refractivity contribution in [1.82, 2.24) is 0 Å². The Kier molecular flexibility index (Phi) is 29.7. The number of hydrogen-bond acceptors (Lipinski definition) is 7. The summed E-state index contributed by atoms with van der Waals surface area (Å²) in [6, 6.07) is 3.55. The van der Waals surface area contributed by atoms with Gasteiger partial charge in [-0.2, -0.15) is 0 Å². The third-order valence-electron chi connectivity index (χ3n) is 8.00. The van der Waals surface area contributed by atoms with Crippen molar-refractivity contribution in [1.29, 1.82) is 0 Å². The number of carbonyl (C=O) groups is 2. The van der Waals surface area contributed by atoms with E-state index in [2.05, 4.69) is 38.2 Å². The summed E-state index contributed by atoms with van der Waals surface area (Å²) in [5.74, 6) is -1.88. The van der Waals surface area contributed by atoms with Crippen LogP contribution in [0.4, 0.5) is 0 Å². The van der Waals surface area contributed by atoms with Crippen molar-refractivity contribution >= 4 is 22.1 Å². The first-order valence-electron chi connectivity index (χ1n) is 18.1. The van der Waals surface area contributed by atoms with E-state index in [0.29, 0.717) is 19.3 Å². The molecule has 0 atom stereocenters. The smallest absolute Gasteiger partial charge is 0.744 e. The quantitative estimate of drug-likeness (QED) is 0.0280. The minimum atomic E-state index is -5.02. The predicted molar refractivity (Wildman–Crippen MR) is 186 cm³/mol. The molecule has 0 N–H and O–H groups in total. The normalized spacial score (nSPS) is 11.6. The van der Waals surface area contributed by atoms with Crippen LogP contribution in [0.1, 0.15) is 176 Å². The van der Waals surface area contributed by atoms with Gasteiger partial charge in [-0.25, -0.2) is 18.0 Å². The van der Waals surface area contributed by atoms with Gasteiger partial charge in [0.2, 0.25) is 0 Å². The van der Waals surface area contributed by atoms with Crippen LogP contribution in [-0.4, -0.2) is 38.1 Å². The second kappa shape index (κ2) is 30.6. The monoisotopic (exact) mass is 684 g/mol. The van der Waals surface area contributed by atoms with Crippen LogP contribution in [0.3, 0.4) is 0 Å². The number of hydrogen-bond donors (Lipinski definition) is 0. The number of ether oxygens (including phenoxy) is 2. The molecule has 1 aromatic carbocycles.